The van der Waals surface area contributed by atoms with E-state index in [2.05, 4.69) is 27.2 Å². The van der Waals surface area contributed by atoms with Crippen LogP contribution in [0.3, 0.4) is 0 Å². The van der Waals surface area contributed by atoms with Gasteiger partial charge in [-0.15, -0.1) is 0 Å². The van der Waals surface area contributed by atoms with Crippen LogP contribution in [0.15, 0.2) is 0 Å². The van der Waals surface area contributed by atoms with Gasteiger partial charge in [0.15, 0.2) is 0 Å². The smallest absolute Gasteiger partial charge is 0.0652 e. The van der Waals surface area contributed by atoms with Crippen LogP contribution >= 0.6 is 7.26 Å². The Kier molecular flexibility index (Phi) is 11.5. The Labute approximate surface area is 96.2 Å². The van der Waals surface area contributed by atoms with E-state index in [1.54, 1.807) is 0 Å². The second kappa shape index (κ2) is 8.81. The molecule has 0 fully saturated rings. The molecule has 0 aromatic rings. The van der Waals surface area contributed by atoms with Crippen molar-refractivity contribution in [1.82, 2.24) is 0 Å². The zero-order valence-corrected chi connectivity index (χ0v) is 12.9. The van der Waals surface area contributed by atoms with Gasteiger partial charge in [-0.1, -0.05) is 26.7 Å². The molecule has 0 unspecified atom stereocenters. The fourth-order valence-corrected chi connectivity index (χ4v) is 3.85. The monoisotopic (exact) mass is 295 g/mol. The summed E-state index contributed by atoms with van der Waals surface area (Å²) in [6.45, 7) is 9.61. The van der Waals surface area contributed by atoms with E-state index in [0.717, 1.165) is 0 Å². The van der Waals surface area contributed by atoms with Crippen molar-refractivity contribution in [2.75, 3.05) is 25.7 Å². The molecule has 0 spiro atoms. The Bertz CT molecular complexity index is 81.8. The van der Waals surface area contributed by atoms with Crippen LogP contribution in [0.1, 0.15) is 39.5 Å². The summed E-state index contributed by atoms with van der Waals surface area (Å²) in [5, 5.41) is 0. The van der Waals surface area contributed by atoms with Gasteiger partial charge in [-0.05, 0) is 12.8 Å². The third kappa shape index (κ3) is 9.32. The van der Waals surface area contributed by atoms with Crippen LogP contribution in [0.25, 0.3) is 0 Å². The van der Waals surface area contributed by atoms with Crippen molar-refractivity contribution in [2.45, 2.75) is 39.5 Å². The zero-order valence-electron chi connectivity index (χ0n) is 9.19. The normalized spacial score (nSPS) is 11.0. The molecule has 0 radical (unpaired) electrons. The van der Waals surface area contributed by atoms with Crippen molar-refractivity contribution >= 4 is 31.2 Å². The van der Waals surface area contributed by atoms with Crippen molar-refractivity contribution in [3.63, 3.8) is 0 Å². The Balaban J connectivity index is 0. The maximum Gasteiger partial charge on any atom is 4.00 e. The van der Waals surface area contributed by atoms with Gasteiger partial charge >= 0.3 is 23.9 Å². The summed E-state index contributed by atoms with van der Waals surface area (Å²) in [6, 6.07) is 0. The largest absolute Gasteiger partial charge is 4.00 e. The topological polar surface area (TPSA) is 0 Å². The first-order valence-electron chi connectivity index (χ1n) is 4.94. The van der Waals surface area contributed by atoms with E-state index < -0.39 is 7.26 Å². The molecule has 0 aliphatic carbocycles. The average molecular weight is 294 g/mol. The van der Waals surface area contributed by atoms with E-state index in [1.165, 1.54) is 38.0 Å². The molecule has 0 aliphatic rings. The molecule has 0 bridgehead atoms. The van der Waals surface area contributed by atoms with E-state index >= 15 is 0 Å². The van der Waals surface area contributed by atoms with Gasteiger partial charge < -0.3 is 0 Å². The van der Waals surface area contributed by atoms with Gasteiger partial charge in [-0.3, -0.25) is 0 Å². The first-order chi connectivity index (χ1) is 5.12. The van der Waals surface area contributed by atoms with Gasteiger partial charge in [0.25, 0.3) is 0 Å². The van der Waals surface area contributed by atoms with E-state index in [1.807, 2.05) is 0 Å². The zero-order chi connectivity index (χ0) is 8.74. The first kappa shape index (κ1) is 15.7. The van der Waals surface area contributed by atoms with Crippen LogP contribution in [-0.4, -0.2) is 49.6 Å². The fourth-order valence-electron chi connectivity index (χ4n) is 1.28. The van der Waals surface area contributed by atoms with Crippen LogP contribution in [0.5, 0.6) is 0 Å². The molecule has 0 heterocycles. The minimum absolute atomic E-state index is 0. The molecule has 2 heteroatoms. The molecule has 68 valence electrons. The summed E-state index contributed by atoms with van der Waals surface area (Å²) in [6.07, 6.45) is 8.67. The van der Waals surface area contributed by atoms with E-state index in [-0.39, 0.29) is 23.9 Å². The number of hydrogen-bond acceptors (Lipinski definition) is 0. The van der Waals surface area contributed by atoms with Crippen molar-refractivity contribution in [3.05, 3.63) is 0 Å². The first-order valence-corrected chi connectivity index (χ1v) is 7.99. The molecule has 0 N–H and O–H groups in total. The Morgan fingerprint density at radius 3 is 1.42 bits per heavy atom. The molecular weight excluding hydrogens is 270 g/mol. The molecule has 0 rings (SSSR count). The Morgan fingerprint density at radius 2 is 1.17 bits per heavy atom. The van der Waals surface area contributed by atoms with Crippen LogP contribution < -0.4 is 0 Å². The van der Waals surface area contributed by atoms with E-state index in [0.29, 0.717) is 0 Å². The molecule has 0 aromatic heterocycles. The summed E-state index contributed by atoms with van der Waals surface area (Å²) in [7, 11) is -0.476. The van der Waals surface area contributed by atoms with Crippen molar-refractivity contribution in [3.8, 4) is 0 Å². The van der Waals surface area contributed by atoms with E-state index in [9.17, 15) is 0 Å². The third-order valence-corrected chi connectivity index (χ3v) is 5.29. The Morgan fingerprint density at radius 1 is 0.833 bits per heavy atom. The summed E-state index contributed by atoms with van der Waals surface area (Å²) in [5.41, 5.74) is 0. The average Bonchev–Trinajstić information content (AvgIpc) is 1.97. The number of rotatable bonds is 6. The summed E-state index contributed by atoms with van der Waals surface area (Å²) < 4.78 is 0. The minimum atomic E-state index is -0.476. The molecule has 12 heavy (non-hydrogen) atoms. The second-order valence-electron chi connectivity index (χ2n) is 4.09. The Hall–Kier alpha value is 1.23. The number of unbranched alkanes of at least 4 members (excludes halogenated alkanes) is 2. The van der Waals surface area contributed by atoms with Gasteiger partial charge in [0.1, 0.15) is 0 Å². The minimum Gasteiger partial charge on any atom is -0.0652 e. The molecule has 0 saturated carbocycles. The van der Waals surface area contributed by atoms with Gasteiger partial charge in [-0.2, -0.15) is 0 Å². The fraction of sp³-hybridized carbons (Fsp3) is 1.00. The predicted octanol–water partition coefficient (Wildman–Crippen LogP) is 3.48. The van der Waals surface area contributed by atoms with Crippen LogP contribution in [-0.2, 0) is 0 Å². The molecule has 0 amide bonds. The molecule has 0 atom stereocenters. The quantitative estimate of drug-likeness (QED) is 0.519. The number of hydrogen-bond donors (Lipinski definition) is 0. The molecular formula is C10H24PSn+5. The van der Waals surface area contributed by atoms with Crippen LogP contribution in [0.4, 0.5) is 0 Å². The maximum atomic E-state index is 2.51. The van der Waals surface area contributed by atoms with Gasteiger partial charge in [0.05, 0.1) is 12.3 Å². The molecule has 0 nitrogen and oxygen atoms in total. The van der Waals surface area contributed by atoms with E-state index in [4.69, 9.17) is 0 Å². The maximum absolute atomic E-state index is 2.51. The van der Waals surface area contributed by atoms with Crippen LogP contribution in [0.2, 0.25) is 0 Å². The molecule has 0 aliphatic heterocycles. The summed E-state index contributed by atoms with van der Waals surface area (Å²) >= 11 is 0. The summed E-state index contributed by atoms with van der Waals surface area (Å²) in [4.78, 5) is 0. The van der Waals surface area contributed by atoms with Gasteiger partial charge in [0.2, 0.25) is 0 Å². The van der Waals surface area contributed by atoms with Gasteiger partial charge in [0, 0.05) is 20.6 Å². The van der Waals surface area contributed by atoms with Crippen molar-refractivity contribution < 1.29 is 0 Å². The van der Waals surface area contributed by atoms with Gasteiger partial charge in [-0.25, -0.2) is 0 Å². The van der Waals surface area contributed by atoms with Crippen molar-refractivity contribution in [2.24, 2.45) is 0 Å². The second-order valence-corrected chi connectivity index (χ2v) is 8.86. The molecule has 0 aromatic carbocycles. The predicted molar refractivity (Wildman–Crippen MR) is 64.1 cm³/mol. The molecule has 0 saturated heterocycles. The SMILES string of the molecule is CCCC[P+](C)(C)CCCC.[Sn+4]. The third-order valence-electron chi connectivity index (χ3n) is 2.23. The van der Waals surface area contributed by atoms with Crippen molar-refractivity contribution in [1.29, 1.82) is 0 Å². The van der Waals surface area contributed by atoms with Crippen LogP contribution in [0, 0.1) is 0 Å². The standard InChI is InChI=1S/C10H24P.Sn/c1-5-7-9-11(3,4)10-8-6-2;/h5-10H2,1-4H3;/q+1;+4. The summed E-state index contributed by atoms with van der Waals surface area (Å²) in [5.74, 6) is 0.